The molecule has 9 nitrogen and oxygen atoms in total. The average molecular weight is 1090 g/mol. The van der Waals surface area contributed by atoms with Gasteiger partial charge in [0.2, 0.25) is 0 Å². The van der Waals surface area contributed by atoms with E-state index in [1.54, 1.807) is 0 Å². The third-order valence-corrected chi connectivity index (χ3v) is 12.9. The van der Waals surface area contributed by atoms with Crippen LogP contribution in [-0.2, 0) is 32.7 Å². The lowest BCUT2D eigenvalue weighted by Crippen LogP contribution is -2.29. The van der Waals surface area contributed by atoms with Crippen LogP contribution in [0.5, 0.6) is 0 Å². The van der Waals surface area contributed by atoms with E-state index in [2.05, 4.69) is 166 Å². The lowest BCUT2D eigenvalue weighted by Gasteiger charge is -2.19. The second-order valence-corrected chi connectivity index (χ2v) is 20.6. The zero-order valence-electron chi connectivity index (χ0n) is 48.4. The van der Waals surface area contributed by atoms with Crippen molar-refractivity contribution < 1.29 is 37.6 Å². The lowest BCUT2D eigenvalue weighted by molar-refractivity contribution is -0.161. The zero-order chi connectivity index (χ0) is 55.9. The van der Waals surface area contributed by atoms with Gasteiger partial charge in [-0.25, -0.2) is 4.57 Å². The van der Waals surface area contributed by atoms with Gasteiger partial charge < -0.3 is 20.1 Å². The molecular weight excluding hydrogens is 978 g/mol. The summed E-state index contributed by atoms with van der Waals surface area (Å²) in [5.41, 5.74) is 5.38. The molecule has 0 fully saturated rings. The van der Waals surface area contributed by atoms with Gasteiger partial charge >= 0.3 is 19.8 Å². The Morgan fingerprint density at radius 2 is 0.688 bits per heavy atom. The Balaban J connectivity index is 4.11. The maximum absolute atomic E-state index is 12.7. The highest BCUT2D eigenvalue weighted by Crippen LogP contribution is 2.43. The van der Waals surface area contributed by atoms with Crippen molar-refractivity contribution in [2.75, 3.05) is 26.4 Å². The molecule has 2 unspecified atom stereocenters. The molecule has 0 rings (SSSR count). The minimum Gasteiger partial charge on any atom is -0.462 e. The molecule has 434 valence electrons. The van der Waals surface area contributed by atoms with Crippen molar-refractivity contribution in [3.63, 3.8) is 0 Å². The molecule has 0 saturated heterocycles. The highest BCUT2D eigenvalue weighted by molar-refractivity contribution is 7.47. The van der Waals surface area contributed by atoms with Crippen molar-refractivity contribution in [1.29, 1.82) is 0 Å². The molecule has 0 aliphatic rings. The second-order valence-electron chi connectivity index (χ2n) is 19.1. The van der Waals surface area contributed by atoms with Gasteiger partial charge in [-0.3, -0.25) is 18.6 Å². The molecule has 0 aromatic carbocycles. The average Bonchev–Trinajstić information content (AvgIpc) is 3.42. The number of hydrogen-bond acceptors (Lipinski definition) is 8. The van der Waals surface area contributed by atoms with Crippen LogP contribution < -0.4 is 5.73 Å². The predicted octanol–water partition coefficient (Wildman–Crippen LogP) is 19.3. The third-order valence-electron chi connectivity index (χ3n) is 11.9. The van der Waals surface area contributed by atoms with Gasteiger partial charge in [-0.2, -0.15) is 0 Å². The molecule has 10 heteroatoms. The fourth-order valence-corrected chi connectivity index (χ4v) is 8.33. The summed E-state index contributed by atoms with van der Waals surface area (Å²) in [6.07, 6.45) is 88.8. The molecule has 0 bridgehead atoms. The van der Waals surface area contributed by atoms with Crippen LogP contribution in [0.15, 0.2) is 158 Å². The Bertz CT molecular complexity index is 1810. The van der Waals surface area contributed by atoms with Gasteiger partial charge in [0.05, 0.1) is 13.2 Å². The summed E-state index contributed by atoms with van der Waals surface area (Å²) < 4.78 is 33.0. The van der Waals surface area contributed by atoms with Gasteiger partial charge in [0.25, 0.3) is 0 Å². The molecule has 0 amide bonds. The molecule has 0 spiro atoms. The van der Waals surface area contributed by atoms with E-state index in [-0.39, 0.29) is 32.6 Å². The van der Waals surface area contributed by atoms with Crippen molar-refractivity contribution >= 4 is 19.8 Å². The van der Waals surface area contributed by atoms with Crippen LogP contribution in [0.1, 0.15) is 219 Å². The van der Waals surface area contributed by atoms with Crippen LogP contribution in [0.4, 0.5) is 0 Å². The molecule has 77 heavy (non-hydrogen) atoms. The van der Waals surface area contributed by atoms with Crippen molar-refractivity contribution in [2.45, 2.75) is 225 Å². The van der Waals surface area contributed by atoms with E-state index in [4.69, 9.17) is 24.3 Å². The van der Waals surface area contributed by atoms with E-state index in [0.29, 0.717) is 19.3 Å². The lowest BCUT2D eigenvalue weighted by atomic mass is 10.0. The van der Waals surface area contributed by atoms with Crippen LogP contribution in [0.2, 0.25) is 0 Å². The molecule has 0 heterocycles. The molecular formula is C67H108NO8P. The summed E-state index contributed by atoms with van der Waals surface area (Å²) in [7, 11) is -4.42. The van der Waals surface area contributed by atoms with Gasteiger partial charge in [-0.15, -0.1) is 0 Å². The minimum absolute atomic E-state index is 0.0356. The maximum Gasteiger partial charge on any atom is 0.472 e. The fraction of sp³-hybridized carbons (Fsp3) is 0.582. The quantitative estimate of drug-likeness (QED) is 0.0264. The monoisotopic (exact) mass is 1090 g/mol. The largest absolute Gasteiger partial charge is 0.472 e. The standard InChI is InChI=1S/C67H108NO8P/c1-3-5-7-9-11-13-15-17-19-21-23-25-27-29-31-32-34-36-38-40-42-44-46-48-50-52-54-56-58-60-67(70)76-65(64-75-77(71,72)74-62-61-68)63-73-66(69)59-57-55-53-51-49-47-45-43-41-39-37-35-33-30-28-26-24-22-20-18-16-14-12-10-8-6-4-2/h5-8,11-14,17-20,23-26,29,31,34,36,40,42,46,48,52,54,65H,3-4,9-10,15-16,21-22,27-28,30,32-33,35,37-39,41,43-45,47,49-51,53,55-64,68H2,1-2H3,(H,71,72)/b7-5-,8-6-,13-11-,14-12-,19-17-,20-18-,25-23-,26-24-,31-29-,36-34-,42-40-,48-46-,54-52-. The minimum atomic E-state index is -4.42. The van der Waals surface area contributed by atoms with Gasteiger partial charge in [0.1, 0.15) is 6.61 Å². The van der Waals surface area contributed by atoms with Crippen LogP contribution >= 0.6 is 7.82 Å². The number of carbonyl (C=O) groups excluding carboxylic acids is 2. The summed E-state index contributed by atoms with van der Waals surface area (Å²) in [4.78, 5) is 35.2. The number of phosphoric acid groups is 1. The number of carbonyl (C=O) groups is 2. The Hall–Kier alpha value is -4.37. The van der Waals surface area contributed by atoms with E-state index < -0.39 is 32.5 Å². The first kappa shape index (κ1) is 72.6. The van der Waals surface area contributed by atoms with Crippen LogP contribution in [-0.4, -0.2) is 49.3 Å². The van der Waals surface area contributed by atoms with E-state index >= 15 is 0 Å². The Morgan fingerprint density at radius 1 is 0.390 bits per heavy atom. The van der Waals surface area contributed by atoms with Crippen molar-refractivity contribution in [3.8, 4) is 0 Å². The fourth-order valence-electron chi connectivity index (χ4n) is 7.57. The molecule has 2 atom stereocenters. The van der Waals surface area contributed by atoms with Crippen molar-refractivity contribution in [1.82, 2.24) is 0 Å². The summed E-state index contributed by atoms with van der Waals surface area (Å²) >= 11 is 0. The first-order valence-corrected chi connectivity index (χ1v) is 31.5. The van der Waals surface area contributed by atoms with E-state index in [1.165, 1.54) is 70.6 Å². The third kappa shape index (κ3) is 60.7. The van der Waals surface area contributed by atoms with Gasteiger partial charge in [0.15, 0.2) is 6.10 Å². The Kier molecular flexibility index (Phi) is 57.4. The summed E-state index contributed by atoms with van der Waals surface area (Å²) in [5, 5.41) is 0. The molecule has 0 aromatic heterocycles. The number of nitrogens with two attached hydrogens (primary N) is 1. The number of ether oxygens (including phenoxy) is 2. The number of phosphoric ester groups is 1. The summed E-state index contributed by atoms with van der Waals surface area (Å²) in [5.74, 6) is -0.909. The van der Waals surface area contributed by atoms with Crippen molar-refractivity contribution in [2.24, 2.45) is 5.73 Å². The number of hydrogen-bond donors (Lipinski definition) is 2. The maximum atomic E-state index is 12.7. The number of rotatable bonds is 54. The number of esters is 2. The second kappa shape index (κ2) is 60.9. The van der Waals surface area contributed by atoms with Crippen LogP contribution in [0, 0.1) is 0 Å². The molecule has 0 aromatic rings. The van der Waals surface area contributed by atoms with E-state index in [0.717, 1.165) is 103 Å². The molecule has 0 saturated carbocycles. The van der Waals surface area contributed by atoms with E-state index in [1.807, 2.05) is 6.08 Å². The highest BCUT2D eigenvalue weighted by Gasteiger charge is 2.26. The van der Waals surface area contributed by atoms with E-state index in [9.17, 15) is 19.0 Å². The molecule has 0 radical (unpaired) electrons. The number of unbranched alkanes of at least 4 members (excludes halogenated alkanes) is 15. The Morgan fingerprint density at radius 3 is 1.04 bits per heavy atom. The molecule has 0 aliphatic carbocycles. The van der Waals surface area contributed by atoms with Crippen molar-refractivity contribution in [3.05, 3.63) is 158 Å². The smallest absolute Gasteiger partial charge is 0.462 e. The topological polar surface area (TPSA) is 134 Å². The van der Waals surface area contributed by atoms with Gasteiger partial charge in [0, 0.05) is 19.4 Å². The van der Waals surface area contributed by atoms with Crippen LogP contribution in [0.3, 0.4) is 0 Å². The summed E-state index contributed by atoms with van der Waals surface area (Å²) in [6, 6.07) is 0. The summed E-state index contributed by atoms with van der Waals surface area (Å²) in [6.45, 7) is 3.44. The normalized spacial score (nSPS) is 14.2. The molecule has 0 aliphatic heterocycles. The molecule has 3 N–H and O–H groups in total. The number of allylic oxidation sites excluding steroid dienone is 26. The SMILES string of the molecule is CC/C=C\C/C=C\C/C=C\C/C=C\C/C=C\C/C=C\C/C=C\C/C=C\C/C=C\CCCC(=O)OC(COC(=O)CCCCCCCCCCCCCCCC/C=C\C/C=C\C/C=C\C/C=C\CC)COP(=O)(O)OCCN. The zero-order valence-corrected chi connectivity index (χ0v) is 49.3. The predicted molar refractivity (Wildman–Crippen MR) is 330 cm³/mol. The van der Waals surface area contributed by atoms with Gasteiger partial charge in [-0.05, 0) is 116 Å². The van der Waals surface area contributed by atoms with Gasteiger partial charge in [-0.1, -0.05) is 249 Å². The van der Waals surface area contributed by atoms with Crippen LogP contribution in [0.25, 0.3) is 0 Å². The first-order chi connectivity index (χ1) is 37.8. The first-order valence-electron chi connectivity index (χ1n) is 30.0. The Labute approximate surface area is 470 Å². The highest BCUT2D eigenvalue weighted by atomic mass is 31.2.